The third-order valence-corrected chi connectivity index (χ3v) is 2.79. The molecule has 0 aliphatic rings. The van der Waals surface area contributed by atoms with Gasteiger partial charge in [-0.1, -0.05) is 5.21 Å². The van der Waals surface area contributed by atoms with Crippen LogP contribution in [0.4, 0.5) is 0 Å². The molecule has 7 nitrogen and oxygen atoms in total. The number of ether oxygens (including phenoxy) is 2. The fraction of sp³-hybridized carbons (Fsp3) is 0.429. The van der Waals surface area contributed by atoms with Crippen LogP contribution in [0.25, 0.3) is 11.3 Å². The molecule has 112 valence electrons. The fourth-order valence-electron chi connectivity index (χ4n) is 1.89. The van der Waals surface area contributed by atoms with Gasteiger partial charge in [-0.3, -0.25) is 4.98 Å². The van der Waals surface area contributed by atoms with Crippen LogP contribution < -0.4 is 0 Å². The van der Waals surface area contributed by atoms with E-state index in [-0.39, 0.29) is 12.3 Å². The van der Waals surface area contributed by atoms with Crippen LogP contribution in [-0.4, -0.2) is 45.8 Å². The SMILES string of the molecule is CCOCCn1nnc(C(=O)OCC)c1-c1cccnc1. The number of pyridine rings is 1. The molecule has 0 spiro atoms. The molecule has 0 aliphatic carbocycles. The highest BCUT2D eigenvalue weighted by atomic mass is 16.5. The lowest BCUT2D eigenvalue weighted by Crippen LogP contribution is -2.11. The van der Waals surface area contributed by atoms with Crippen molar-refractivity contribution in [1.29, 1.82) is 0 Å². The summed E-state index contributed by atoms with van der Waals surface area (Å²) in [5.41, 5.74) is 1.56. The quantitative estimate of drug-likeness (QED) is 0.568. The summed E-state index contributed by atoms with van der Waals surface area (Å²) in [5, 5.41) is 7.97. The summed E-state index contributed by atoms with van der Waals surface area (Å²) in [6, 6.07) is 3.65. The molecule has 2 heterocycles. The maximum atomic E-state index is 12.0. The van der Waals surface area contributed by atoms with E-state index in [0.29, 0.717) is 25.5 Å². The second-order valence-corrected chi connectivity index (χ2v) is 4.17. The van der Waals surface area contributed by atoms with E-state index in [4.69, 9.17) is 9.47 Å². The van der Waals surface area contributed by atoms with Gasteiger partial charge < -0.3 is 9.47 Å². The average molecular weight is 290 g/mol. The second kappa shape index (κ2) is 7.49. The number of nitrogens with zero attached hydrogens (tertiary/aromatic N) is 4. The highest BCUT2D eigenvalue weighted by Crippen LogP contribution is 2.22. The number of hydrogen-bond acceptors (Lipinski definition) is 6. The highest BCUT2D eigenvalue weighted by molar-refractivity contribution is 5.93. The summed E-state index contributed by atoms with van der Waals surface area (Å²) in [5.74, 6) is -0.487. The molecule has 0 atom stereocenters. The first-order chi connectivity index (χ1) is 10.3. The summed E-state index contributed by atoms with van der Waals surface area (Å²) in [4.78, 5) is 16.1. The Balaban J connectivity index is 2.35. The third-order valence-electron chi connectivity index (χ3n) is 2.79. The fourth-order valence-corrected chi connectivity index (χ4v) is 1.89. The number of rotatable bonds is 7. The first-order valence-electron chi connectivity index (χ1n) is 6.86. The molecule has 0 N–H and O–H groups in total. The second-order valence-electron chi connectivity index (χ2n) is 4.17. The van der Waals surface area contributed by atoms with Crippen LogP contribution in [0, 0.1) is 0 Å². The largest absolute Gasteiger partial charge is 0.461 e. The predicted molar refractivity (Wildman–Crippen MR) is 75.7 cm³/mol. The maximum Gasteiger partial charge on any atom is 0.361 e. The summed E-state index contributed by atoms with van der Waals surface area (Å²) in [6.45, 7) is 5.59. The summed E-state index contributed by atoms with van der Waals surface area (Å²) in [7, 11) is 0. The molecule has 0 saturated heterocycles. The van der Waals surface area contributed by atoms with Gasteiger partial charge >= 0.3 is 5.97 Å². The van der Waals surface area contributed by atoms with E-state index in [1.807, 2.05) is 13.0 Å². The molecule has 0 aliphatic heterocycles. The average Bonchev–Trinajstić information content (AvgIpc) is 2.93. The van der Waals surface area contributed by atoms with E-state index in [2.05, 4.69) is 15.3 Å². The van der Waals surface area contributed by atoms with Crippen LogP contribution in [-0.2, 0) is 16.0 Å². The van der Waals surface area contributed by atoms with Crippen LogP contribution in [0.5, 0.6) is 0 Å². The molecule has 2 aromatic rings. The van der Waals surface area contributed by atoms with Crippen molar-refractivity contribution >= 4 is 5.97 Å². The Morgan fingerprint density at radius 2 is 2.19 bits per heavy atom. The normalized spacial score (nSPS) is 10.6. The molecule has 0 aromatic carbocycles. The molecule has 0 unspecified atom stereocenters. The van der Waals surface area contributed by atoms with E-state index in [1.165, 1.54) is 0 Å². The minimum Gasteiger partial charge on any atom is -0.461 e. The molecule has 2 rings (SSSR count). The number of carbonyl (C=O) groups is 1. The van der Waals surface area contributed by atoms with Crippen LogP contribution in [0.3, 0.4) is 0 Å². The number of esters is 1. The molecule has 2 aromatic heterocycles. The lowest BCUT2D eigenvalue weighted by atomic mass is 10.1. The lowest BCUT2D eigenvalue weighted by molar-refractivity contribution is 0.0520. The Bertz CT molecular complexity index is 583. The molecule has 0 saturated carbocycles. The Morgan fingerprint density at radius 1 is 1.33 bits per heavy atom. The van der Waals surface area contributed by atoms with Gasteiger partial charge in [-0.25, -0.2) is 9.48 Å². The smallest absolute Gasteiger partial charge is 0.361 e. The van der Waals surface area contributed by atoms with Gasteiger partial charge in [-0.15, -0.1) is 5.10 Å². The molecule has 0 amide bonds. The van der Waals surface area contributed by atoms with Crippen molar-refractivity contribution in [2.75, 3.05) is 19.8 Å². The molecule has 7 heteroatoms. The van der Waals surface area contributed by atoms with Crippen molar-refractivity contribution in [1.82, 2.24) is 20.0 Å². The predicted octanol–water partition coefficient (Wildman–Crippen LogP) is 1.55. The van der Waals surface area contributed by atoms with Crippen molar-refractivity contribution in [3.8, 4) is 11.3 Å². The van der Waals surface area contributed by atoms with E-state index in [9.17, 15) is 4.79 Å². The standard InChI is InChI=1S/C14H18N4O3/c1-3-20-9-8-18-13(11-6-5-7-15-10-11)12(16-17-18)14(19)21-4-2/h5-7,10H,3-4,8-9H2,1-2H3. The molecular formula is C14H18N4O3. The van der Waals surface area contributed by atoms with Crippen molar-refractivity contribution in [3.63, 3.8) is 0 Å². The van der Waals surface area contributed by atoms with Crippen LogP contribution >= 0.6 is 0 Å². The first-order valence-corrected chi connectivity index (χ1v) is 6.86. The van der Waals surface area contributed by atoms with Gasteiger partial charge in [0.15, 0.2) is 5.69 Å². The van der Waals surface area contributed by atoms with Crippen LogP contribution in [0.1, 0.15) is 24.3 Å². The van der Waals surface area contributed by atoms with Gasteiger partial charge in [0, 0.05) is 24.6 Å². The van der Waals surface area contributed by atoms with Crippen molar-refractivity contribution in [2.45, 2.75) is 20.4 Å². The Morgan fingerprint density at radius 3 is 2.86 bits per heavy atom. The highest BCUT2D eigenvalue weighted by Gasteiger charge is 2.22. The van der Waals surface area contributed by atoms with Gasteiger partial charge in [0.2, 0.25) is 0 Å². The number of hydrogen-bond donors (Lipinski definition) is 0. The van der Waals surface area contributed by atoms with Gasteiger partial charge in [-0.2, -0.15) is 0 Å². The number of aromatic nitrogens is 4. The van der Waals surface area contributed by atoms with Gasteiger partial charge in [0.05, 0.1) is 19.8 Å². The van der Waals surface area contributed by atoms with Gasteiger partial charge in [0.25, 0.3) is 0 Å². The monoisotopic (exact) mass is 290 g/mol. The van der Waals surface area contributed by atoms with Crippen molar-refractivity contribution < 1.29 is 14.3 Å². The summed E-state index contributed by atoms with van der Waals surface area (Å²) in [6.07, 6.45) is 3.33. The summed E-state index contributed by atoms with van der Waals surface area (Å²) < 4.78 is 12.0. The summed E-state index contributed by atoms with van der Waals surface area (Å²) >= 11 is 0. The van der Waals surface area contributed by atoms with Crippen molar-refractivity contribution in [2.24, 2.45) is 0 Å². The topological polar surface area (TPSA) is 79.1 Å². The molecule has 0 bridgehead atoms. The zero-order valence-electron chi connectivity index (χ0n) is 12.2. The minimum absolute atomic E-state index is 0.196. The van der Waals surface area contributed by atoms with Crippen LogP contribution in [0.2, 0.25) is 0 Å². The lowest BCUT2D eigenvalue weighted by Gasteiger charge is -2.07. The number of carbonyl (C=O) groups excluding carboxylic acids is 1. The zero-order chi connectivity index (χ0) is 15.1. The Kier molecular flexibility index (Phi) is 5.39. The molecule has 0 fully saturated rings. The molecular weight excluding hydrogens is 272 g/mol. The van der Waals surface area contributed by atoms with Gasteiger partial charge in [-0.05, 0) is 26.0 Å². The maximum absolute atomic E-state index is 12.0. The first kappa shape index (κ1) is 15.1. The van der Waals surface area contributed by atoms with E-state index in [1.54, 1.807) is 30.1 Å². The van der Waals surface area contributed by atoms with E-state index >= 15 is 0 Å². The van der Waals surface area contributed by atoms with Gasteiger partial charge in [0.1, 0.15) is 5.69 Å². The minimum atomic E-state index is -0.487. The van der Waals surface area contributed by atoms with Crippen molar-refractivity contribution in [3.05, 3.63) is 30.2 Å². The Labute approximate surface area is 122 Å². The molecule has 21 heavy (non-hydrogen) atoms. The third kappa shape index (κ3) is 3.63. The molecule has 0 radical (unpaired) electrons. The van der Waals surface area contributed by atoms with E-state index in [0.717, 1.165) is 5.56 Å². The Hall–Kier alpha value is -2.28. The van der Waals surface area contributed by atoms with Crippen LogP contribution in [0.15, 0.2) is 24.5 Å². The van der Waals surface area contributed by atoms with E-state index < -0.39 is 5.97 Å². The zero-order valence-corrected chi connectivity index (χ0v) is 12.2.